The monoisotopic (exact) mass is 412 g/mol. The molecule has 0 bridgehead atoms. The molecule has 1 aliphatic heterocycles. The van der Waals surface area contributed by atoms with E-state index in [2.05, 4.69) is 34.9 Å². The molecule has 0 aliphatic carbocycles. The van der Waals surface area contributed by atoms with Gasteiger partial charge in [-0.3, -0.25) is 4.99 Å². The molecule has 0 radical (unpaired) electrons. The van der Waals surface area contributed by atoms with E-state index >= 15 is 0 Å². The van der Waals surface area contributed by atoms with Gasteiger partial charge in [-0.05, 0) is 43.9 Å². The SMILES string of the molecule is CCOC(=O)N1CCC(NC(=NCCc2ccco2)NCCc2ccccc2)CC1. The quantitative estimate of drug-likeness (QED) is 0.514. The summed E-state index contributed by atoms with van der Waals surface area (Å²) in [6.45, 7) is 5.09. The average molecular weight is 413 g/mol. The topological polar surface area (TPSA) is 79.1 Å². The molecule has 162 valence electrons. The molecule has 1 saturated heterocycles. The normalized spacial score (nSPS) is 15.1. The number of carbonyl (C=O) groups excluding carboxylic acids is 1. The summed E-state index contributed by atoms with van der Waals surface area (Å²) >= 11 is 0. The minimum absolute atomic E-state index is 0.218. The van der Waals surface area contributed by atoms with Crippen LogP contribution in [0.5, 0.6) is 0 Å². The first-order valence-electron chi connectivity index (χ1n) is 10.8. The van der Waals surface area contributed by atoms with E-state index in [1.165, 1.54) is 5.56 Å². The summed E-state index contributed by atoms with van der Waals surface area (Å²) in [6.07, 6.45) is 4.91. The molecule has 2 aromatic rings. The van der Waals surface area contributed by atoms with Crippen molar-refractivity contribution < 1.29 is 13.9 Å². The first-order chi connectivity index (χ1) is 14.7. The van der Waals surface area contributed by atoms with E-state index in [1.54, 1.807) is 11.2 Å². The Morgan fingerprint density at radius 2 is 1.97 bits per heavy atom. The van der Waals surface area contributed by atoms with Gasteiger partial charge < -0.3 is 24.7 Å². The number of nitrogens with one attached hydrogen (secondary N) is 2. The molecular weight excluding hydrogens is 380 g/mol. The summed E-state index contributed by atoms with van der Waals surface area (Å²) in [6, 6.07) is 14.6. The van der Waals surface area contributed by atoms with Gasteiger partial charge >= 0.3 is 6.09 Å². The number of ether oxygens (including phenoxy) is 1. The van der Waals surface area contributed by atoms with Crippen LogP contribution in [0.2, 0.25) is 0 Å². The van der Waals surface area contributed by atoms with Crippen LogP contribution in [0.1, 0.15) is 31.1 Å². The van der Waals surface area contributed by atoms with Gasteiger partial charge in [0.15, 0.2) is 5.96 Å². The summed E-state index contributed by atoms with van der Waals surface area (Å²) < 4.78 is 10.5. The lowest BCUT2D eigenvalue weighted by molar-refractivity contribution is 0.0963. The van der Waals surface area contributed by atoms with Crippen LogP contribution in [0.4, 0.5) is 4.79 Å². The number of nitrogens with zero attached hydrogens (tertiary/aromatic N) is 2. The second-order valence-corrected chi connectivity index (χ2v) is 7.33. The van der Waals surface area contributed by atoms with Gasteiger partial charge in [0.05, 0.1) is 12.9 Å². The maximum absolute atomic E-state index is 11.9. The van der Waals surface area contributed by atoms with Crippen LogP contribution in [0, 0.1) is 0 Å². The number of hydrogen-bond donors (Lipinski definition) is 2. The zero-order chi connectivity index (χ0) is 21.0. The lowest BCUT2D eigenvalue weighted by atomic mass is 10.1. The summed E-state index contributed by atoms with van der Waals surface area (Å²) in [7, 11) is 0. The number of hydrogen-bond acceptors (Lipinski definition) is 4. The molecule has 7 heteroatoms. The third kappa shape index (κ3) is 7.13. The number of piperidine rings is 1. The van der Waals surface area contributed by atoms with Crippen molar-refractivity contribution in [3.63, 3.8) is 0 Å². The Labute approximate surface area is 178 Å². The zero-order valence-corrected chi connectivity index (χ0v) is 17.7. The van der Waals surface area contributed by atoms with Crippen molar-refractivity contribution in [1.29, 1.82) is 0 Å². The number of aliphatic imine (C=N–C) groups is 1. The number of furan rings is 1. The molecule has 1 amide bonds. The highest BCUT2D eigenvalue weighted by Gasteiger charge is 2.24. The Morgan fingerprint density at radius 1 is 1.17 bits per heavy atom. The predicted octanol–water partition coefficient (Wildman–Crippen LogP) is 3.22. The molecule has 0 spiro atoms. The third-order valence-electron chi connectivity index (χ3n) is 5.12. The van der Waals surface area contributed by atoms with E-state index in [1.807, 2.05) is 25.1 Å². The molecule has 1 fully saturated rings. The standard InChI is InChI=1S/C23H32N4O3/c1-2-29-23(28)27-16-12-20(13-17-27)26-22(25-15-11-21-9-6-18-30-21)24-14-10-19-7-4-3-5-8-19/h3-9,18,20H,2,10-17H2,1H3,(H2,24,25,26). The molecule has 2 heterocycles. The predicted molar refractivity (Wildman–Crippen MR) is 118 cm³/mol. The molecule has 1 aliphatic rings. The lowest BCUT2D eigenvalue weighted by Crippen LogP contribution is -2.50. The minimum atomic E-state index is -0.218. The van der Waals surface area contributed by atoms with Crippen LogP contribution in [0.15, 0.2) is 58.1 Å². The number of carbonyl (C=O) groups is 1. The molecule has 1 aromatic carbocycles. The van der Waals surface area contributed by atoms with Crippen molar-refractivity contribution in [2.75, 3.05) is 32.8 Å². The van der Waals surface area contributed by atoms with Crippen molar-refractivity contribution >= 4 is 12.1 Å². The van der Waals surface area contributed by atoms with Crippen molar-refractivity contribution in [3.05, 3.63) is 60.1 Å². The van der Waals surface area contributed by atoms with Gasteiger partial charge in [-0.2, -0.15) is 0 Å². The fourth-order valence-electron chi connectivity index (χ4n) is 3.47. The van der Waals surface area contributed by atoms with E-state index in [-0.39, 0.29) is 12.1 Å². The van der Waals surface area contributed by atoms with Gasteiger partial charge in [-0.1, -0.05) is 30.3 Å². The van der Waals surface area contributed by atoms with Crippen LogP contribution in [0.25, 0.3) is 0 Å². The first-order valence-corrected chi connectivity index (χ1v) is 10.8. The molecule has 2 N–H and O–H groups in total. The van der Waals surface area contributed by atoms with E-state index in [4.69, 9.17) is 14.1 Å². The van der Waals surface area contributed by atoms with Crippen LogP contribution >= 0.6 is 0 Å². The van der Waals surface area contributed by atoms with Gasteiger partial charge in [0.2, 0.25) is 0 Å². The van der Waals surface area contributed by atoms with Crippen molar-refractivity contribution in [2.24, 2.45) is 4.99 Å². The molecule has 1 aromatic heterocycles. The van der Waals surface area contributed by atoms with Crippen molar-refractivity contribution in [3.8, 4) is 0 Å². The number of rotatable bonds is 8. The van der Waals surface area contributed by atoms with Gasteiger partial charge in [0, 0.05) is 38.6 Å². The largest absolute Gasteiger partial charge is 0.469 e. The Balaban J connectivity index is 1.50. The molecule has 30 heavy (non-hydrogen) atoms. The maximum atomic E-state index is 11.9. The lowest BCUT2D eigenvalue weighted by Gasteiger charge is -2.32. The summed E-state index contributed by atoms with van der Waals surface area (Å²) in [4.78, 5) is 18.4. The number of amides is 1. The fraction of sp³-hybridized carbons (Fsp3) is 0.478. The highest BCUT2D eigenvalue weighted by molar-refractivity contribution is 5.80. The molecule has 0 unspecified atom stereocenters. The minimum Gasteiger partial charge on any atom is -0.469 e. The van der Waals surface area contributed by atoms with Gasteiger partial charge in [0.25, 0.3) is 0 Å². The van der Waals surface area contributed by atoms with Crippen LogP contribution in [0.3, 0.4) is 0 Å². The van der Waals surface area contributed by atoms with Crippen molar-refractivity contribution in [2.45, 2.75) is 38.6 Å². The van der Waals surface area contributed by atoms with Gasteiger partial charge in [-0.15, -0.1) is 0 Å². The van der Waals surface area contributed by atoms with E-state index in [0.29, 0.717) is 26.2 Å². The van der Waals surface area contributed by atoms with E-state index in [9.17, 15) is 4.79 Å². The van der Waals surface area contributed by atoms with E-state index < -0.39 is 0 Å². The Kier molecular flexibility index (Phi) is 8.62. The third-order valence-corrected chi connectivity index (χ3v) is 5.12. The van der Waals surface area contributed by atoms with Crippen molar-refractivity contribution in [1.82, 2.24) is 15.5 Å². The molecular formula is C23H32N4O3. The maximum Gasteiger partial charge on any atom is 0.409 e. The van der Waals surface area contributed by atoms with E-state index in [0.717, 1.165) is 43.9 Å². The Morgan fingerprint density at radius 3 is 2.67 bits per heavy atom. The highest BCUT2D eigenvalue weighted by atomic mass is 16.6. The summed E-state index contributed by atoms with van der Waals surface area (Å²) in [5.74, 6) is 1.75. The fourth-order valence-corrected chi connectivity index (χ4v) is 3.47. The molecule has 7 nitrogen and oxygen atoms in total. The van der Waals surface area contributed by atoms with Crippen LogP contribution in [-0.2, 0) is 17.6 Å². The summed E-state index contributed by atoms with van der Waals surface area (Å²) in [5.41, 5.74) is 1.29. The smallest absolute Gasteiger partial charge is 0.409 e. The van der Waals surface area contributed by atoms with Gasteiger partial charge in [0.1, 0.15) is 5.76 Å². The molecule has 0 atom stereocenters. The van der Waals surface area contributed by atoms with Crippen LogP contribution < -0.4 is 10.6 Å². The highest BCUT2D eigenvalue weighted by Crippen LogP contribution is 2.11. The second-order valence-electron chi connectivity index (χ2n) is 7.33. The van der Waals surface area contributed by atoms with Crippen LogP contribution in [-0.4, -0.2) is 55.8 Å². The van der Waals surface area contributed by atoms with Gasteiger partial charge in [-0.25, -0.2) is 4.79 Å². The Hall–Kier alpha value is -2.96. The first kappa shape index (κ1) is 21.7. The zero-order valence-electron chi connectivity index (χ0n) is 17.7. The molecule has 3 rings (SSSR count). The number of guanidine groups is 1. The molecule has 0 saturated carbocycles. The summed E-state index contributed by atoms with van der Waals surface area (Å²) in [5, 5.41) is 7.00. The number of benzene rings is 1. The Bertz CT molecular complexity index is 769. The average Bonchev–Trinajstić information content (AvgIpc) is 3.28. The number of likely N-dealkylation sites (tertiary alicyclic amines) is 1. The second kappa shape index (κ2) is 11.9.